The van der Waals surface area contributed by atoms with Crippen molar-refractivity contribution in [1.29, 1.82) is 0 Å². The molecule has 0 unspecified atom stereocenters. The van der Waals surface area contributed by atoms with Crippen LogP contribution in [0.15, 0.2) is 23.1 Å². The highest BCUT2D eigenvalue weighted by Crippen LogP contribution is 2.16. The van der Waals surface area contributed by atoms with Crippen LogP contribution < -0.4 is 5.56 Å². The Morgan fingerprint density at radius 1 is 1.50 bits per heavy atom. The lowest BCUT2D eigenvalue weighted by Gasteiger charge is -2.03. The van der Waals surface area contributed by atoms with E-state index in [0.717, 1.165) is 18.3 Å². The highest BCUT2D eigenvalue weighted by Gasteiger charge is 2.13. The summed E-state index contributed by atoms with van der Waals surface area (Å²) in [4.78, 5) is 28.6. The van der Waals surface area contributed by atoms with Crippen LogP contribution in [0.4, 0.5) is 4.39 Å². The monoisotopic (exact) mass is 222 g/mol. The largest absolute Gasteiger partial charge is 0.465 e. The number of hydrogen-bond donors (Lipinski definition) is 1. The Hall–Kier alpha value is -2.24. The number of H-pyrrole nitrogens is 1. The SMILES string of the molecule is COC(=O)c1cc(F)cc2ncc(=O)[nH]c12. The molecule has 0 saturated heterocycles. The second-order valence-electron chi connectivity index (χ2n) is 3.09. The summed E-state index contributed by atoms with van der Waals surface area (Å²) >= 11 is 0. The first-order chi connectivity index (χ1) is 7.61. The molecule has 0 atom stereocenters. The molecule has 2 aromatic rings. The van der Waals surface area contributed by atoms with Crippen LogP contribution in [-0.4, -0.2) is 23.0 Å². The van der Waals surface area contributed by atoms with Crippen LogP contribution >= 0.6 is 0 Å². The quantitative estimate of drug-likeness (QED) is 0.726. The third kappa shape index (κ3) is 1.65. The Kier molecular flexibility index (Phi) is 2.40. The lowest BCUT2D eigenvalue weighted by Crippen LogP contribution is -2.10. The zero-order valence-electron chi connectivity index (χ0n) is 8.28. The highest BCUT2D eigenvalue weighted by molar-refractivity contribution is 6.01. The Bertz CT molecular complexity index is 621. The zero-order chi connectivity index (χ0) is 11.7. The number of carbonyl (C=O) groups excluding carboxylic acids is 1. The molecule has 0 saturated carbocycles. The molecule has 82 valence electrons. The van der Waals surface area contributed by atoms with Gasteiger partial charge in [-0.1, -0.05) is 0 Å². The summed E-state index contributed by atoms with van der Waals surface area (Å²) < 4.78 is 17.6. The molecule has 5 nitrogen and oxygen atoms in total. The van der Waals surface area contributed by atoms with Crippen molar-refractivity contribution in [2.75, 3.05) is 7.11 Å². The van der Waals surface area contributed by atoms with Gasteiger partial charge in [0.15, 0.2) is 0 Å². The lowest BCUT2D eigenvalue weighted by atomic mass is 10.1. The minimum absolute atomic E-state index is 0.0531. The van der Waals surface area contributed by atoms with Crippen molar-refractivity contribution in [3.8, 4) is 0 Å². The number of rotatable bonds is 1. The van der Waals surface area contributed by atoms with E-state index in [-0.39, 0.29) is 16.6 Å². The van der Waals surface area contributed by atoms with Crippen LogP contribution in [0.3, 0.4) is 0 Å². The smallest absolute Gasteiger partial charge is 0.340 e. The van der Waals surface area contributed by atoms with Crippen LogP contribution in [0.5, 0.6) is 0 Å². The topological polar surface area (TPSA) is 72.0 Å². The lowest BCUT2D eigenvalue weighted by molar-refractivity contribution is 0.0602. The predicted octanol–water partition coefficient (Wildman–Crippen LogP) is 0.849. The van der Waals surface area contributed by atoms with E-state index in [0.29, 0.717) is 0 Å². The molecule has 0 spiro atoms. The van der Waals surface area contributed by atoms with Crippen molar-refractivity contribution in [3.05, 3.63) is 40.1 Å². The maximum atomic E-state index is 13.2. The number of aromatic amines is 1. The zero-order valence-corrected chi connectivity index (χ0v) is 8.28. The van der Waals surface area contributed by atoms with E-state index < -0.39 is 17.3 Å². The van der Waals surface area contributed by atoms with Gasteiger partial charge in [-0.25, -0.2) is 14.2 Å². The molecule has 6 heteroatoms. The number of hydrogen-bond acceptors (Lipinski definition) is 4. The first-order valence-corrected chi connectivity index (χ1v) is 4.38. The predicted molar refractivity (Wildman–Crippen MR) is 53.7 cm³/mol. The van der Waals surface area contributed by atoms with Crippen molar-refractivity contribution in [3.63, 3.8) is 0 Å². The third-order valence-corrected chi connectivity index (χ3v) is 2.06. The van der Waals surface area contributed by atoms with E-state index in [1.165, 1.54) is 7.11 Å². The van der Waals surface area contributed by atoms with Crippen LogP contribution in [0.25, 0.3) is 11.0 Å². The van der Waals surface area contributed by atoms with Gasteiger partial charge in [-0.3, -0.25) is 4.79 Å². The Balaban J connectivity index is 2.84. The van der Waals surface area contributed by atoms with Gasteiger partial charge in [0.05, 0.1) is 29.9 Å². The molecule has 0 radical (unpaired) electrons. The molecule has 16 heavy (non-hydrogen) atoms. The molecule has 0 aliphatic heterocycles. The number of fused-ring (bicyclic) bond motifs is 1. The molecule has 1 N–H and O–H groups in total. The number of methoxy groups -OCH3 is 1. The van der Waals surface area contributed by atoms with Gasteiger partial charge in [-0.2, -0.15) is 0 Å². The van der Waals surface area contributed by atoms with E-state index in [9.17, 15) is 14.0 Å². The number of aromatic nitrogens is 2. The second kappa shape index (κ2) is 3.73. The molecule has 0 fully saturated rings. The number of halogens is 1. The van der Waals surface area contributed by atoms with Gasteiger partial charge in [-0.05, 0) is 6.07 Å². The second-order valence-corrected chi connectivity index (χ2v) is 3.09. The van der Waals surface area contributed by atoms with Crippen LogP contribution in [0.2, 0.25) is 0 Å². The van der Waals surface area contributed by atoms with Crippen LogP contribution in [-0.2, 0) is 4.74 Å². The van der Waals surface area contributed by atoms with Crippen molar-refractivity contribution >= 4 is 17.0 Å². The van der Waals surface area contributed by atoms with Gasteiger partial charge in [0.25, 0.3) is 5.56 Å². The summed E-state index contributed by atoms with van der Waals surface area (Å²) in [5.74, 6) is -1.35. The van der Waals surface area contributed by atoms with Crippen molar-refractivity contribution < 1.29 is 13.9 Å². The molecule has 2 rings (SSSR count). The van der Waals surface area contributed by atoms with Gasteiger partial charge in [0, 0.05) is 6.07 Å². The normalized spacial score (nSPS) is 10.4. The van der Waals surface area contributed by atoms with Crippen LogP contribution in [0.1, 0.15) is 10.4 Å². The Morgan fingerprint density at radius 3 is 2.94 bits per heavy atom. The summed E-state index contributed by atoms with van der Waals surface area (Å²) in [7, 11) is 1.17. The first kappa shape index (κ1) is 10.3. The number of esters is 1. The number of ether oxygens (including phenoxy) is 1. The fourth-order valence-corrected chi connectivity index (χ4v) is 1.38. The van der Waals surface area contributed by atoms with Gasteiger partial charge < -0.3 is 9.72 Å². The number of benzene rings is 1. The highest BCUT2D eigenvalue weighted by atomic mass is 19.1. The average molecular weight is 222 g/mol. The number of nitrogens with zero attached hydrogens (tertiary/aromatic N) is 1. The van der Waals surface area contributed by atoms with Crippen molar-refractivity contribution in [1.82, 2.24) is 9.97 Å². The third-order valence-electron chi connectivity index (χ3n) is 2.06. The standard InChI is InChI=1S/C10H7FN2O3/c1-16-10(15)6-2-5(11)3-7-9(6)13-8(14)4-12-7/h2-4H,1H3,(H,13,14). The molecule has 0 amide bonds. The Morgan fingerprint density at radius 2 is 2.25 bits per heavy atom. The first-order valence-electron chi connectivity index (χ1n) is 4.38. The molecular weight excluding hydrogens is 215 g/mol. The molecule has 0 bridgehead atoms. The molecule has 1 aromatic carbocycles. The van der Waals surface area contributed by atoms with Gasteiger partial charge in [0.1, 0.15) is 5.82 Å². The summed E-state index contributed by atoms with van der Waals surface area (Å²) in [5, 5.41) is 0. The van der Waals surface area contributed by atoms with E-state index in [1.807, 2.05) is 0 Å². The summed E-state index contributed by atoms with van der Waals surface area (Å²) in [6, 6.07) is 2.11. The van der Waals surface area contributed by atoms with E-state index in [2.05, 4.69) is 14.7 Å². The average Bonchev–Trinajstić information content (AvgIpc) is 2.27. The summed E-state index contributed by atoms with van der Waals surface area (Å²) in [5.41, 5.74) is -0.160. The van der Waals surface area contributed by atoms with Crippen LogP contribution in [0, 0.1) is 5.82 Å². The molecule has 1 heterocycles. The van der Waals surface area contributed by atoms with Gasteiger partial charge >= 0.3 is 5.97 Å². The molecular formula is C10H7FN2O3. The fourth-order valence-electron chi connectivity index (χ4n) is 1.38. The fraction of sp³-hybridized carbons (Fsp3) is 0.100. The minimum Gasteiger partial charge on any atom is -0.465 e. The molecule has 0 aliphatic rings. The van der Waals surface area contributed by atoms with E-state index in [4.69, 9.17) is 0 Å². The molecule has 0 aliphatic carbocycles. The summed E-state index contributed by atoms with van der Waals surface area (Å²) in [6.07, 6.45) is 1.02. The number of carbonyl (C=O) groups is 1. The van der Waals surface area contributed by atoms with Gasteiger partial charge in [-0.15, -0.1) is 0 Å². The molecule has 1 aromatic heterocycles. The van der Waals surface area contributed by atoms with Crippen molar-refractivity contribution in [2.24, 2.45) is 0 Å². The minimum atomic E-state index is -0.729. The maximum absolute atomic E-state index is 13.2. The van der Waals surface area contributed by atoms with E-state index >= 15 is 0 Å². The maximum Gasteiger partial charge on any atom is 0.340 e. The van der Waals surface area contributed by atoms with Crippen molar-refractivity contribution in [2.45, 2.75) is 0 Å². The Labute approximate surface area is 88.9 Å². The van der Waals surface area contributed by atoms with E-state index in [1.54, 1.807) is 0 Å². The van der Waals surface area contributed by atoms with Gasteiger partial charge in [0.2, 0.25) is 0 Å². The number of nitrogens with one attached hydrogen (secondary N) is 1. The summed E-state index contributed by atoms with van der Waals surface area (Å²) in [6.45, 7) is 0.